The van der Waals surface area contributed by atoms with Crippen molar-refractivity contribution in [1.82, 2.24) is 15.6 Å². The van der Waals surface area contributed by atoms with Crippen LogP contribution in [0.3, 0.4) is 0 Å². The Morgan fingerprint density at radius 2 is 1.93 bits per heavy atom. The molecule has 0 bridgehead atoms. The van der Waals surface area contributed by atoms with Crippen molar-refractivity contribution in [3.8, 4) is 0 Å². The van der Waals surface area contributed by atoms with E-state index in [1.807, 2.05) is 32.9 Å². The molecule has 2 amide bonds. The Kier molecular flexibility index (Phi) is 6.93. The molecule has 2 aromatic rings. The van der Waals surface area contributed by atoms with Crippen molar-refractivity contribution in [2.24, 2.45) is 5.92 Å². The van der Waals surface area contributed by atoms with Gasteiger partial charge in [0, 0.05) is 35.7 Å². The standard InChI is InChI=1S/C22H30ClN3O4/c1-22(2,3)30-21(28)26-18-9-13(12-29-4)5-7-17(18)25-20(27)19-11-14-10-15(23)6-8-16(14)24-19/h6,8,10-11,13,17-18,24H,5,7,9,12H2,1-4H3,(H,25,27)(H,26,28)/t13-,17-,18+/m1/s1. The molecule has 30 heavy (non-hydrogen) atoms. The zero-order valence-electron chi connectivity index (χ0n) is 17.9. The first kappa shape index (κ1) is 22.4. The zero-order chi connectivity index (χ0) is 21.9. The minimum atomic E-state index is -0.588. The fourth-order valence-electron chi connectivity index (χ4n) is 3.91. The highest BCUT2D eigenvalue weighted by Gasteiger charge is 2.34. The number of hydrogen-bond donors (Lipinski definition) is 3. The Balaban J connectivity index is 1.71. The summed E-state index contributed by atoms with van der Waals surface area (Å²) in [4.78, 5) is 28.4. The lowest BCUT2D eigenvalue weighted by molar-refractivity contribution is 0.0436. The van der Waals surface area contributed by atoms with E-state index < -0.39 is 11.7 Å². The van der Waals surface area contributed by atoms with Gasteiger partial charge in [0.2, 0.25) is 0 Å². The molecule has 1 aromatic carbocycles. The van der Waals surface area contributed by atoms with E-state index in [0.29, 0.717) is 29.7 Å². The van der Waals surface area contributed by atoms with E-state index in [9.17, 15) is 9.59 Å². The molecule has 164 valence electrons. The summed E-state index contributed by atoms with van der Waals surface area (Å²) in [6.45, 7) is 6.09. The molecular weight excluding hydrogens is 406 g/mol. The average Bonchev–Trinajstić information content (AvgIpc) is 3.05. The molecule has 1 aliphatic rings. The molecule has 1 aromatic heterocycles. The van der Waals surface area contributed by atoms with E-state index in [0.717, 1.165) is 23.7 Å². The van der Waals surface area contributed by atoms with E-state index in [1.54, 1.807) is 19.2 Å². The van der Waals surface area contributed by atoms with Gasteiger partial charge in [-0.15, -0.1) is 0 Å². The lowest BCUT2D eigenvalue weighted by Crippen LogP contribution is -2.55. The third kappa shape index (κ3) is 5.89. The number of alkyl carbamates (subject to hydrolysis) is 1. The van der Waals surface area contributed by atoms with Gasteiger partial charge in [0.05, 0.1) is 6.04 Å². The van der Waals surface area contributed by atoms with Crippen molar-refractivity contribution in [2.75, 3.05) is 13.7 Å². The third-order valence-corrected chi connectivity index (χ3v) is 5.44. The van der Waals surface area contributed by atoms with Gasteiger partial charge in [-0.3, -0.25) is 4.79 Å². The smallest absolute Gasteiger partial charge is 0.407 e. The summed E-state index contributed by atoms with van der Waals surface area (Å²) < 4.78 is 10.7. The van der Waals surface area contributed by atoms with Crippen molar-refractivity contribution < 1.29 is 19.1 Å². The molecule has 3 N–H and O–H groups in total. The van der Waals surface area contributed by atoms with Crippen LogP contribution in [0.1, 0.15) is 50.5 Å². The predicted octanol–water partition coefficient (Wildman–Crippen LogP) is 4.26. The van der Waals surface area contributed by atoms with Crippen LogP contribution < -0.4 is 10.6 Å². The van der Waals surface area contributed by atoms with Gasteiger partial charge in [-0.05, 0) is 70.2 Å². The highest BCUT2D eigenvalue weighted by molar-refractivity contribution is 6.31. The molecule has 1 saturated carbocycles. The van der Waals surface area contributed by atoms with Crippen LogP contribution in [0.25, 0.3) is 10.9 Å². The van der Waals surface area contributed by atoms with Crippen molar-refractivity contribution in [2.45, 2.75) is 57.7 Å². The van der Waals surface area contributed by atoms with Crippen LogP contribution in [-0.2, 0) is 9.47 Å². The Labute approximate surface area is 181 Å². The van der Waals surface area contributed by atoms with Crippen molar-refractivity contribution in [1.29, 1.82) is 0 Å². The number of carbonyl (C=O) groups is 2. The molecule has 1 aliphatic carbocycles. The van der Waals surface area contributed by atoms with Gasteiger partial charge in [0.1, 0.15) is 11.3 Å². The van der Waals surface area contributed by atoms with Crippen molar-refractivity contribution in [3.05, 3.63) is 35.0 Å². The number of fused-ring (bicyclic) bond motifs is 1. The third-order valence-electron chi connectivity index (χ3n) is 5.21. The van der Waals surface area contributed by atoms with E-state index in [4.69, 9.17) is 21.1 Å². The summed E-state index contributed by atoms with van der Waals surface area (Å²) in [5.41, 5.74) is 0.716. The first-order valence-electron chi connectivity index (χ1n) is 10.2. The number of rotatable bonds is 5. The quantitative estimate of drug-likeness (QED) is 0.654. The molecule has 0 spiro atoms. The number of aromatic nitrogens is 1. The number of aromatic amines is 1. The lowest BCUT2D eigenvalue weighted by atomic mass is 9.82. The van der Waals surface area contributed by atoms with Crippen LogP contribution in [0.15, 0.2) is 24.3 Å². The Morgan fingerprint density at radius 3 is 2.63 bits per heavy atom. The number of hydrogen-bond acceptors (Lipinski definition) is 4. The topological polar surface area (TPSA) is 92.5 Å². The summed E-state index contributed by atoms with van der Waals surface area (Å²) in [6.07, 6.45) is 1.88. The predicted molar refractivity (Wildman–Crippen MR) is 117 cm³/mol. The van der Waals surface area contributed by atoms with Crippen LogP contribution in [0.4, 0.5) is 4.79 Å². The van der Waals surface area contributed by atoms with Crippen LogP contribution in [0, 0.1) is 5.92 Å². The number of H-pyrrole nitrogens is 1. The van der Waals surface area contributed by atoms with E-state index in [2.05, 4.69) is 15.6 Å². The second-order valence-corrected chi connectivity index (χ2v) is 9.32. The minimum Gasteiger partial charge on any atom is -0.444 e. The molecule has 8 heteroatoms. The number of benzene rings is 1. The summed E-state index contributed by atoms with van der Waals surface area (Å²) in [6, 6.07) is 6.78. The minimum absolute atomic E-state index is 0.201. The lowest BCUT2D eigenvalue weighted by Gasteiger charge is -2.37. The summed E-state index contributed by atoms with van der Waals surface area (Å²) >= 11 is 6.04. The molecule has 1 fully saturated rings. The van der Waals surface area contributed by atoms with Gasteiger partial charge < -0.3 is 25.1 Å². The number of halogens is 1. The Morgan fingerprint density at radius 1 is 1.17 bits per heavy atom. The summed E-state index contributed by atoms with van der Waals surface area (Å²) in [5, 5.41) is 7.52. The summed E-state index contributed by atoms with van der Waals surface area (Å²) in [5.74, 6) is 0.104. The number of amides is 2. The monoisotopic (exact) mass is 435 g/mol. The number of ether oxygens (including phenoxy) is 2. The zero-order valence-corrected chi connectivity index (χ0v) is 18.6. The molecule has 3 rings (SSSR count). The van der Waals surface area contributed by atoms with Gasteiger partial charge in [0.15, 0.2) is 0 Å². The Hall–Kier alpha value is -2.25. The fraction of sp³-hybridized carbons (Fsp3) is 0.545. The van der Waals surface area contributed by atoms with Crippen molar-refractivity contribution in [3.63, 3.8) is 0 Å². The van der Waals surface area contributed by atoms with Gasteiger partial charge in [-0.25, -0.2) is 4.79 Å². The number of nitrogens with one attached hydrogen (secondary N) is 3. The number of methoxy groups -OCH3 is 1. The molecular formula is C22H30ClN3O4. The van der Waals surface area contributed by atoms with Crippen molar-refractivity contribution >= 4 is 34.5 Å². The maximum Gasteiger partial charge on any atom is 0.407 e. The van der Waals surface area contributed by atoms with Gasteiger partial charge >= 0.3 is 6.09 Å². The molecule has 0 aliphatic heterocycles. The highest BCUT2D eigenvalue weighted by Crippen LogP contribution is 2.26. The molecule has 0 radical (unpaired) electrons. The van der Waals surface area contributed by atoms with Gasteiger partial charge in [-0.2, -0.15) is 0 Å². The molecule has 3 atom stereocenters. The summed E-state index contributed by atoms with van der Waals surface area (Å²) in [7, 11) is 1.67. The first-order valence-corrected chi connectivity index (χ1v) is 10.6. The number of carbonyl (C=O) groups excluding carboxylic acids is 2. The molecule has 0 saturated heterocycles. The van der Waals surface area contributed by atoms with E-state index in [-0.39, 0.29) is 18.0 Å². The second-order valence-electron chi connectivity index (χ2n) is 8.88. The van der Waals surface area contributed by atoms with Crippen LogP contribution in [-0.4, -0.2) is 48.4 Å². The van der Waals surface area contributed by atoms with Crippen LogP contribution in [0.5, 0.6) is 0 Å². The average molecular weight is 436 g/mol. The van der Waals surface area contributed by atoms with Crippen LogP contribution in [0.2, 0.25) is 5.02 Å². The van der Waals surface area contributed by atoms with Gasteiger partial charge in [-0.1, -0.05) is 11.6 Å². The normalized spacial score (nSPS) is 22.0. The molecule has 0 unspecified atom stereocenters. The first-order chi connectivity index (χ1) is 14.1. The fourth-order valence-corrected chi connectivity index (χ4v) is 4.09. The molecule has 1 heterocycles. The van der Waals surface area contributed by atoms with E-state index >= 15 is 0 Å². The molecule has 7 nitrogen and oxygen atoms in total. The SMILES string of the molecule is COC[C@@H]1CC[C@@H](NC(=O)c2cc3cc(Cl)ccc3[nH]2)[C@@H](NC(=O)OC(C)(C)C)C1. The maximum atomic E-state index is 12.9. The van der Waals surface area contributed by atoms with Gasteiger partial charge in [0.25, 0.3) is 5.91 Å². The van der Waals surface area contributed by atoms with Crippen LogP contribution >= 0.6 is 11.6 Å². The van der Waals surface area contributed by atoms with E-state index in [1.165, 1.54) is 0 Å². The maximum absolute atomic E-state index is 12.9. The Bertz CT molecular complexity index is 905. The highest BCUT2D eigenvalue weighted by atomic mass is 35.5. The second kappa shape index (κ2) is 9.27. The largest absolute Gasteiger partial charge is 0.444 e.